The van der Waals surface area contributed by atoms with Gasteiger partial charge in [0, 0.05) is 0 Å². The molecule has 0 aromatic rings. The number of carbonyl (C=O) groups is 2. The van der Waals surface area contributed by atoms with Crippen LogP contribution in [0.25, 0.3) is 0 Å². The van der Waals surface area contributed by atoms with Gasteiger partial charge >= 0.3 is 41.5 Å². The van der Waals surface area contributed by atoms with Crippen molar-refractivity contribution in [3.63, 3.8) is 0 Å². The van der Waals surface area contributed by atoms with Crippen LogP contribution in [0.4, 0.5) is 0 Å². The van der Waals surface area contributed by atoms with Crippen molar-refractivity contribution in [1.82, 2.24) is 0 Å². The number of ether oxygens (including phenoxy) is 1. The SMILES string of the molecule is O=C1OC(=O)C2(S(=O)(=O)O)C=CC=CC12.[H-].[Na+]. The molecule has 2 aliphatic rings. The van der Waals surface area contributed by atoms with E-state index in [0.29, 0.717) is 0 Å². The first-order valence-electron chi connectivity index (χ1n) is 3.99. The largest absolute Gasteiger partial charge is 1.00 e. The van der Waals surface area contributed by atoms with Gasteiger partial charge in [-0.3, -0.25) is 9.35 Å². The first kappa shape index (κ1) is 13.6. The zero-order valence-electron chi connectivity index (χ0n) is 9.28. The van der Waals surface area contributed by atoms with E-state index in [0.717, 1.165) is 6.08 Å². The average molecular weight is 254 g/mol. The molecule has 1 aliphatic heterocycles. The Balaban J connectivity index is 0.00000128. The van der Waals surface area contributed by atoms with E-state index in [9.17, 15) is 18.0 Å². The Kier molecular flexibility index (Phi) is 3.47. The van der Waals surface area contributed by atoms with Crippen LogP contribution in [0.5, 0.6) is 0 Å². The first-order valence-corrected chi connectivity index (χ1v) is 5.43. The Morgan fingerprint density at radius 3 is 2.50 bits per heavy atom. The zero-order chi connectivity index (χ0) is 11.3. The topological polar surface area (TPSA) is 97.7 Å². The van der Waals surface area contributed by atoms with Crippen LogP contribution in [0.1, 0.15) is 1.43 Å². The van der Waals surface area contributed by atoms with Gasteiger partial charge in [0.15, 0.2) is 0 Å². The van der Waals surface area contributed by atoms with Crippen LogP contribution >= 0.6 is 0 Å². The second-order valence-corrected chi connectivity index (χ2v) is 4.82. The molecule has 1 heterocycles. The van der Waals surface area contributed by atoms with Crippen molar-refractivity contribution >= 4 is 22.1 Å². The van der Waals surface area contributed by atoms with Crippen LogP contribution in [0.2, 0.25) is 0 Å². The maximum Gasteiger partial charge on any atom is 1.00 e. The van der Waals surface area contributed by atoms with Crippen LogP contribution in [0.15, 0.2) is 24.3 Å². The minimum Gasteiger partial charge on any atom is -1.00 e. The number of hydrogen-bond acceptors (Lipinski definition) is 5. The van der Waals surface area contributed by atoms with Gasteiger partial charge in [0.2, 0.25) is 4.75 Å². The smallest absolute Gasteiger partial charge is 1.00 e. The molecular formula is C8H7NaO6S. The van der Waals surface area contributed by atoms with E-state index in [1.165, 1.54) is 18.2 Å². The molecule has 6 nitrogen and oxygen atoms in total. The summed E-state index contributed by atoms with van der Waals surface area (Å²) in [6.45, 7) is 0. The van der Waals surface area contributed by atoms with Crippen LogP contribution in [-0.4, -0.2) is 29.7 Å². The first-order chi connectivity index (χ1) is 6.89. The second-order valence-electron chi connectivity index (χ2n) is 3.20. The third-order valence-electron chi connectivity index (χ3n) is 2.41. The molecule has 0 amide bonds. The molecule has 8 heteroatoms. The van der Waals surface area contributed by atoms with E-state index in [4.69, 9.17) is 4.55 Å². The maximum atomic E-state index is 11.3. The quantitative estimate of drug-likeness (QED) is 0.226. The summed E-state index contributed by atoms with van der Waals surface area (Å²) in [4.78, 5) is 22.5. The summed E-state index contributed by atoms with van der Waals surface area (Å²) in [5.74, 6) is -3.54. The third-order valence-corrected chi connectivity index (χ3v) is 3.82. The van der Waals surface area contributed by atoms with Crippen molar-refractivity contribution in [1.29, 1.82) is 0 Å². The van der Waals surface area contributed by atoms with Crippen LogP contribution in [0.3, 0.4) is 0 Å². The second kappa shape index (κ2) is 4.08. The number of hydrogen-bond donors (Lipinski definition) is 1. The fourth-order valence-corrected chi connectivity index (χ4v) is 2.65. The molecule has 0 aromatic carbocycles. The number of esters is 2. The molecule has 2 atom stereocenters. The number of rotatable bonds is 1. The number of allylic oxidation sites excluding steroid dienone is 2. The standard InChI is InChI=1S/C8H6O6S.Na.H/c9-6-5-3-1-2-4-8(5,7(10)14-6)15(11,12)13;;/h1-5H,(H,11,12,13);;/q;+1;-1. The monoisotopic (exact) mass is 254 g/mol. The molecule has 0 radical (unpaired) electrons. The fourth-order valence-electron chi connectivity index (χ4n) is 1.66. The van der Waals surface area contributed by atoms with E-state index >= 15 is 0 Å². The average Bonchev–Trinajstić information content (AvgIpc) is 2.40. The van der Waals surface area contributed by atoms with Gasteiger partial charge in [0.05, 0.1) is 0 Å². The maximum absolute atomic E-state index is 11.3. The van der Waals surface area contributed by atoms with Crippen molar-refractivity contribution in [3.8, 4) is 0 Å². The molecule has 82 valence electrons. The number of cyclic esters (lactones) is 2. The van der Waals surface area contributed by atoms with E-state index in [-0.39, 0.29) is 31.0 Å². The van der Waals surface area contributed by atoms with Crippen molar-refractivity contribution in [2.45, 2.75) is 4.75 Å². The van der Waals surface area contributed by atoms with Gasteiger partial charge in [-0.2, -0.15) is 8.42 Å². The van der Waals surface area contributed by atoms with Gasteiger partial charge in [-0.25, -0.2) is 4.79 Å². The van der Waals surface area contributed by atoms with Crippen molar-refractivity contribution < 1.29 is 58.3 Å². The molecule has 16 heavy (non-hydrogen) atoms. The molecule has 2 unspecified atom stereocenters. The Morgan fingerprint density at radius 1 is 1.38 bits per heavy atom. The molecular weight excluding hydrogens is 247 g/mol. The van der Waals surface area contributed by atoms with E-state index in [2.05, 4.69) is 4.74 Å². The van der Waals surface area contributed by atoms with Crippen LogP contribution < -0.4 is 29.6 Å². The van der Waals surface area contributed by atoms with Crippen LogP contribution in [-0.2, 0) is 24.4 Å². The summed E-state index contributed by atoms with van der Waals surface area (Å²) in [6, 6.07) is 0. The molecule has 2 rings (SSSR count). The summed E-state index contributed by atoms with van der Waals surface area (Å²) in [5.41, 5.74) is 0. The summed E-state index contributed by atoms with van der Waals surface area (Å²) >= 11 is 0. The van der Waals surface area contributed by atoms with Gasteiger partial charge in [0.25, 0.3) is 10.1 Å². The molecule has 1 N–H and O–H groups in total. The van der Waals surface area contributed by atoms with E-state index in [1.54, 1.807) is 0 Å². The van der Waals surface area contributed by atoms with Crippen molar-refractivity contribution in [2.75, 3.05) is 0 Å². The van der Waals surface area contributed by atoms with Gasteiger partial charge in [0.1, 0.15) is 5.92 Å². The fraction of sp³-hybridized carbons (Fsp3) is 0.250. The summed E-state index contributed by atoms with van der Waals surface area (Å²) < 4.78 is 33.3. The van der Waals surface area contributed by atoms with E-state index < -0.39 is 32.7 Å². The molecule has 1 aliphatic carbocycles. The Bertz CT molecular complexity index is 510. The van der Waals surface area contributed by atoms with Crippen LogP contribution in [0, 0.1) is 5.92 Å². The van der Waals surface area contributed by atoms with Gasteiger partial charge in [-0.15, -0.1) is 0 Å². The normalized spacial score (nSPS) is 31.9. The Hall–Kier alpha value is -0.470. The summed E-state index contributed by atoms with van der Waals surface area (Å²) in [7, 11) is -4.74. The zero-order valence-corrected chi connectivity index (χ0v) is 11.1. The van der Waals surface area contributed by atoms with Gasteiger partial charge < -0.3 is 6.16 Å². The summed E-state index contributed by atoms with van der Waals surface area (Å²) in [6.07, 6.45) is 4.85. The molecule has 0 spiro atoms. The van der Waals surface area contributed by atoms with E-state index in [1.807, 2.05) is 0 Å². The van der Waals surface area contributed by atoms with Crippen molar-refractivity contribution in [3.05, 3.63) is 24.3 Å². The number of fused-ring (bicyclic) bond motifs is 1. The van der Waals surface area contributed by atoms with Crippen molar-refractivity contribution in [2.24, 2.45) is 5.92 Å². The Labute approximate surface area is 115 Å². The predicted molar refractivity (Wildman–Crippen MR) is 48.3 cm³/mol. The predicted octanol–water partition coefficient (Wildman–Crippen LogP) is -3.44. The minimum absolute atomic E-state index is 0. The molecule has 0 saturated carbocycles. The minimum atomic E-state index is -4.74. The Morgan fingerprint density at radius 2 is 2.00 bits per heavy atom. The third kappa shape index (κ3) is 1.59. The van der Waals surface area contributed by atoms with Gasteiger partial charge in [-0.1, -0.05) is 18.2 Å². The number of carbonyl (C=O) groups excluding carboxylic acids is 2. The van der Waals surface area contributed by atoms with Gasteiger partial charge in [-0.05, 0) is 6.08 Å². The molecule has 1 saturated heterocycles. The molecule has 1 fully saturated rings. The molecule has 0 bridgehead atoms. The summed E-state index contributed by atoms with van der Waals surface area (Å²) in [5, 5.41) is 0. The molecule has 0 aromatic heterocycles.